The van der Waals surface area contributed by atoms with Crippen molar-refractivity contribution in [2.45, 2.75) is 54.6 Å². The van der Waals surface area contributed by atoms with Crippen molar-refractivity contribution >= 4 is 86.4 Å². The van der Waals surface area contributed by atoms with Crippen molar-refractivity contribution in [1.82, 2.24) is 28.2 Å². The van der Waals surface area contributed by atoms with E-state index in [-0.39, 0.29) is 22.6 Å². The van der Waals surface area contributed by atoms with Crippen LogP contribution in [0.5, 0.6) is 0 Å². The summed E-state index contributed by atoms with van der Waals surface area (Å²) < 4.78 is 54.4. The number of nitrogens with two attached hydrogens (primary N) is 1. The first kappa shape index (κ1) is 50.5. The summed E-state index contributed by atoms with van der Waals surface area (Å²) in [5.74, 6) is 1.60. The number of hydrogen-bond donors (Lipinski definition) is 2. The average molecular weight is 1010 g/mol. The van der Waals surface area contributed by atoms with Crippen LogP contribution in [-0.4, -0.2) is 56.6 Å². The van der Waals surface area contributed by atoms with Crippen molar-refractivity contribution in [1.29, 1.82) is 0 Å². The smallest absolute Gasteiger partial charge is 0.253 e. The van der Waals surface area contributed by atoms with Gasteiger partial charge in [-0.25, -0.2) is 26.8 Å². The molecular formula is C48H51Cl3N8O6S2. The summed E-state index contributed by atoms with van der Waals surface area (Å²) in [4.78, 5) is 33.6. The van der Waals surface area contributed by atoms with Gasteiger partial charge in [0.05, 0.1) is 33.9 Å². The number of rotatable bonds is 10. The second-order valence-electron chi connectivity index (χ2n) is 16.1. The number of fused-ring (bicyclic) bond motifs is 2. The van der Waals surface area contributed by atoms with Crippen molar-refractivity contribution < 1.29 is 16.8 Å². The molecule has 0 saturated carbocycles. The van der Waals surface area contributed by atoms with Crippen LogP contribution in [0.15, 0.2) is 107 Å². The van der Waals surface area contributed by atoms with Crippen LogP contribution in [-0.2, 0) is 46.3 Å². The third-order valence-corrected chi connectivity index (χ3v) is 14.1. The van der Waals surface area contributed by atoms with Crippen LogP contribution in [0.1, 0.15) is 47.8 Å². The van der Waals surface area contributed by atoms with Gasteiger partial charge in [0.15, 0.2) is 0 Å². The molecule has 0 fully saturated rings. The summed E-state index contributed by atoms with van der Waals surface area (Å²) in [6, 6.07) is 26.8. The van der Waals surface area contributed by atoms with E-state index in [1.54, 1.807) is 44.8 Å². The fourth-order valence-electron chi connectivity index (χ4n) is 7.37. The zero-order valence-electron chi connectivity index (χ0n) is 38.2. The predicted molar refractivity (Wildman–Crippen MR) is 274 cm³/mol. The van der Waals surface area contributed by atoms with Gasteiger partial charge in [-0.05, 0) is 129 Å². The van der Waals surface area contributed by atoms with Gasteiger partial charge in [-0.2, -0.15) is 0 Å². The second-order valence-corrected chi connectivity index (χ2v) is 22.0. The molecule has 0 aliphatic rings. The van der Waals surface area contributed by atoms with Gasteiger partial charge >= 0.3 is 0 Å². The first-order chi connectivity index (χ1) is 31.5. The Hall–Kier alpha value is -5.91. The normalized spacial score (nSPS) is 11.6. The van der Waals surface area contributed by atoms with Crippen LogP contribution in [0, 0.1) is 27.7 Å². The zero-order valence-corrected chi connectivity index (χ0v) is 42.1. The molecule has 0 aliphatic carbocycles. The minimum atomic E-state index is -3.52. The molecule has 0 saturated heterocycles. The molecule has 4 aromatic carbocycles. The first-order valence-electron chi connectivity index (χ1n) is 21.0. The molecule has 0 bridgehead atoms. The minimum Gasteiger partial charge on any atom is -0.397 e. The Bertz CT molecular complexity index is 3440. The van der Waals surface area contributed by atoms with Gasteiger partial charge < -0.3 is 24.0 Å². The van der Waals surface area contributed by atoms with E-state index >= 15 is 0 Å². The largest absolute Gasteiger partial charge is 0.397 e. The monoisotopic (exact) mass is 1000 g/mol. The minimum absolute atomic E-state index is 0.00132. The number of benzene rings is 4. The molecule has 4 heterocycles. The first-order valence-corrected chi connectivity index (χ1v) is 25.9. The molecule has 0 radical (unpaired) electrons. The lowest BCUT2D eigenvalue weighted by molar-refractivity contribution is 0.602. The quantitative estimate of drug-likeness (QED) is 0.0995. The van der Waals surface area contributed by atoms with Gasteiger partial charge in [-0.15, -0.1) is 0 Å². The lowest BCUT2D eigenvalue weighted by atomic mass is 10.0. The SMILES string of the molecule is CCS(=O)(=O)Cl.CCS(=O)(=O)Nc1cc(-c2cc(C)c(=O)n(C)c2)cc2c1nc(C)n2Cc1ccc(Cl)cc1.Cc1cc(-c2cc(N)c3nc(C)n(Cc4ccc(Cl)cc4)c3c2)cn(C)c1=O. The molecule has 3 N–H and O–H groups in total. The molecule has 0 aliphatic heterocycles. The van der Waals surface area contributed by atoms with E-state index in [0.717, 1.165) is 61.6 Å². The lowest BCUT2D eigenvalue weighted by Crippen LogP contribution is -2.18. The zero-order chi connectivity index (χ0) is 49.1. The van der Waals surface area contributed by atoms with Crippen molar-refractivity contribution in [2.75, 3.05) is 22.0 Å². The topological polar surface area (TPSA) is 186 Å². The summed E-state index contributed by atoms with van der Waals surface area (Å²) >= 11 is 12.0. The number of hydrogen-bond acceptors (Lipinski definition) is 9. The van der Waals surface area contributed by atoms with Crippen LogP contribution in [0.4, 0.5) is 11.4 Å². The number of nitrogens with zero attached hydrogens (tertiary/aromatic N) is 6. The highest BCUT2D eigenvalue weighted by molar-refractivity contribution is 8.13. The Labute approximate surface area is 404 Å². The summed E-state index contributed by atoms with van der Waals surface area (Å²) in [5, 5.41) is 1.38. The van der Waals surface area contributed by atoms with Crippen LogP contribution in [0.3, 0.4) is 0 Å². The fraction of sp³-hybridized carbons (Fsp3) is 0.250. The van der Waals surface area contributed by atoms with Crippen LogP contribution < -0.4 is 21.6 Å². The Balaban J connectivity index is 0.000000199. The molecule has 352 valence electrons. The maximum absolute atomic E-state index is 12.4. The van der Waals surface area contributed by atoms with Crippen LogP contribution in [0.25, 0.3) is 44.3 Å². The van der Waals surface area contributed by atoms with Gasteiger partial charge in [0, 0.05) is 71.4 Å². The number of nitrogen functional groups attached to an aromatic ring is 1. The molecule has 14 nitrogen and oxygen atoms in total. The van der Waals surface area contributed by atoms with E-state index in [1.165, 1.54) is 11.5 Å². The van der Waals surface area contributed by atoms with Crippen LogP contribution in [0.2, 0.25) is 10.0 Å². The Morgan fingerprint density at radius 2 is 1.00 bits per heavy atom. The number of aromatic nitrogens is 6. The number of nitrogens with one attached hydrogen (secondary N) is 1. The van der Waals surface area contributed by atoms with E-state index in [0.29, 0.717) is 51.2 Å². The fourth-order valence-corrected chi connectivity index (χ4v) is 8.26. The van der Waals surface area contributed by atoms with Gasteiger partial charge in [-0.1, -0.05) is 54.4 Å². The van der Waals surface area contributed by atoms with E-state index in [9.17, 15) is 26.4 Å². The highest BCUT2D eigenvalue weighted by Crippen LogP contribution is 2.34. The van der Waals surface area contributed by atoms with Gasteiger partial charge in [0.2, 0.25) is 19.1 Å². The highest BCUT2D eigenvalue weighted by atomic mass is 35.7. The number of anilines is 2. The predicted octanol–water partition coefficient (Wildman–Crippen LogP) is 9.36. The average Bonchev–Trinajstić information content (AvgIpc) is 3.77. The molecule has 8 rings (SSSR count). The Kier molecular flexibility index (Phi) is 15.5. The molecular weight excluding hydrogens is 955 g/mol. The molecule has 0 spiro atoms. The van der Waals surface area contributed by atoms with Crippen LogP contribution >= 0.6 is 33.9 Å². The molecule has 19 heteroatoms. The Morgan fingerprint density at radius 3 is 1.40 bits per heavy atom. The Morgan fingerprint density at radius 1 is 0.597 bits per heavy atom. The maximum atomic E-state index is 12.4. The van der Waals surface area contributed by atoms with Crippen molar-refractivity contribution in [3.63, 3.8) is 0 Å². The third-order valence-electron chi connectivity index (χ3n) is 11.0. The molecule has 0 atom stereocenters. The molecule has 0 unspecified atom stereocenters. The van der Waals surface area contributed by atoms with Gasteiger partial charge in [-0.3, -0.25) is 14.3 Å². The van der Waals surface area contributed by atoms with Gasteiger partial charge in [0.25, 0.3) is 11.1 Å². The second kappa shape index (κ2) is 20.5. The summed E-state index contributed by atoms with van der Waals surface area (Å²) in [6.07, 6.45) is 3.59. The van der Waals surface area contributed by atoms with E-state index in [2.05, 4.69) is 36.0 Å². The number of sulfonamides is 1. The molecule has 0 amide bonds. The number of pyridine rings is 2. The van der Waals surface area contributed by atoms with Gasteiger partial charge in [0.1, 0.15) is 22.7 Å². The highest BCUT2D eigenvalue weighted by Gasteiger charge is 2.19. The van der Waals surface area contributed by atoms with E-state index < -0.39 is 19.1 Å². The molecule has 4 aromatic heterocycles. The maximum Gasteiger partial charge on any atom is 0.253 e. The number of aryl methyl sites for hydroxylation is 6. The third kappa shape index (κ3) is 12.2. The summed E-state index contributed by atoms with van der Waals surface area (Å²) in [5.41, 5.74) is 17.4. The summed E-state index contributed by atoms with van der Waals surface area (Å²) in [6.45, 7) is 11.8. The van der Waals surface area contributed by atoms with Crippen molar-refractivity contribution in [2.24, 2.45) is 14.1 Å². The summed E-state index contributed by atoms with van der Waals surface area (Å²) in [7, 11) is 1.44. The molecule has 67 heavy (non-hydrogen) atoms. The standard InChI is InChI=1S/C24H25ClN4O3S.C22H21ClN4O.C2H5ClO2S/c1-5-33(31,32)27-21-11-18(19-10-15(2)24(30)28(4)14-19)12-22-23(21)26-16(3)29(22)13-17-6-8-20(25)9-7-17;1-13-8-17(12-26(3)22(13)28)16-9-19(24)21-20(10-16)27(14(2)25-21)11-15-4-6-18(23)7-5-15;1-2-6(3,4)5/h6-12,14,27H,5,13H2,1-4H3;4-10,12H,11,24H2,1-3H3;2H2,1H3. The number of imidazole rings is 2. The molecule has 8 aromatic rings. The number of halogens is 3. The lowest BCUT2D eigenvalue weighted by Gasteiger charge is -2.13. The van der Waals surface area contributed by atoms with E-state index in [4.69, 9.17) is 28.9 Å². The van der Waals surface area contributed by atoms with E-state index in [1.807, 2.05) is 104 Å². The van der Waals surface area contributed by atoms with Crippen molar-refractivity contribution in [3.05, 3.63) is 162 Å². The van der Waals surface area contributed by atoms with Crippen molar-refractivity contribution in [3.8, 4) is 22.3 Å².